The minimum atomic E-state index is -0.666. The first-order chi connectivity index (χ1) is 5.13. The Morgan fingerprint density at radius 3 is 2.55 bits per heavy atom. The molecule has 57 valence electrons. The minimum absolute atomic E-state index is 0.0602. The highest BCUT2D eigenvalue weighted by molar-refractivity contribution is 6.34. The quantitative estimate of drug-likeness (QED) is 0.678. The Morgan fingerprint density at radius 1 is 1.55 bits per heavy atom. The highest BCUT2D eigenvalue weighted by Crippen LogP contribution is 2.21. The zero-order chi connectivity index (χ0) is 8.43. The summed E-state index contributed by atoms with van der Waals surface area (Å²) in [7, 11) is 0. The molecule has 3 nitrogen and oxygen atoms in total. The molecule has 0 bridgehead atoms. The van der Waals surface area contributed by atoms with Gasteiger partial charge in [-0.3, -0.25) is 4.79 Å². The van der Waals surface area contributed by atoms with E-state index < -0.39 is 5.91 Å². The first-order valence-corrected chi connectivity index (χ1v) is 3.30. The zero-order valence-corrected chi connectivity index (χ0v) is 6.35. The van der Waals surface area contributed by atoms with Crippen molar-refractivity contribution in [2.75, 3.05) is 0 Å². The Balaban J connectivity index is 3.32. The van der Waals surface area contributed by atoms with Crippen LogP contribution in [0.3, 0.4) is 0 Å². The van der Waals surface area contributed by atoms with E-state index in [0.717, 1.165) is 0 Å². The molecule has 1 amide bonds. The van der Waals surface area contributed by atoms with Gasteiger partial charge in [0.15, 0.2) is 0 Å². The maximum Gasteiger partial charge on any atom is 0.252 e. The van der Waals surface area contributed by atoms with Crippen molar-refractivity contribution in [2.24, 2.45) is 5.73 Å². The van der Waals surface area contributed by atoms with Crippen molar-refractivity contribution in [1.29, 1.82) is 0 Å². The van der Waals surface area contributed by atoms with E-state index in [1.165, 1.54) is 12.1 Å². The Labute approximate surface area is 68.9 Å². The van der Waals surface area contributed by atoms with Crippen LogP contribution in [0.1, 0.15) is 10.4 Å². The molecule has 1 aromatic carbocycles. The molecule has 0 aliphatic rings. The molecule has 0 atom stereocenters. The summed E-state index contributed by atoms with van der Waals surface area (Å²) in [5.74, 6) is -0.666. The fourth-order valence-corrected chi connectivity index (χ4v) is 1.04. The highest BCUT2D eigenvalue weighted by Gasteiger charge is 2.09. The topological polar surface area (TPSA) is 66.9 Å². The molecule has 0 fully saturated rings. The molecular weight excluding hydrogens is 164 g/mol. The summed E-state index contributed by atoms with van der Waals surface area (Å²) >= 11 is 5.60. The van der Waals surface area contributed by atoms with Gasteiger partial charge in [0.25, 0.3) is 5.91 Å². The molecular formula is C7H6ClN2O. The predicted molar refractivity (Wildman–Crippen MR) is 42.7 cm³/mol. The molecule has 1 aromatic rings. The molecule has 0 aromatic heterocycles. The maximum absolute atomic E-state index is 10.7. The van der Waals surface area contributed by atoms with Gasteiger partial charge in [0, 0.05) is 0 Å². The summed E-state index contributed by atoms with van der Waals surface area (Å²) in [6.07, 6.45) is 0. The molecule has 11 heavy (non-hydrogen) atoms. The molecule has 1 radical (unpaired) electrons. The van der Waals surface area contributed by atoms with Crippen LogP contribution in [0.15, 0.2) is 18.2 Å². The molecule has 0 aliphatic carbocycles. The van der Waals surface area contributed by atoms with Crippen LogP contribution in [0.4, 0.5) is 5.69 Å². The van der Waals surface area contributed by atoms with Gasteiger partial charge >= 0.3 is 0 Å². The lowest BCUT2D eigenvalue weighted by molar-refractivity contribution is 0.100. The third-order valence-corrected chi connectivity index (χ3v) is 1.57. The van der Waals surface area contributed by atoms with Gasteiger partial charge in [-0.15, -0.1) is 0 Å². The molecule has 0 unspecified atom stereocenters. The van der Waals surface area contributed by atoms with Crippen molar-refractivity contribution in [1.82, 2.24) is 5.73 Å². The zero-order valence-electron chi connectivity index (χ0n) is 5.60. The fraction of sp³-hybridized carbons (Fsp3) is 0. The van der Waals surface area contributed by atoms with Gasteiger partial charge in [-0.1, -0.05) is 17.7 Å². The van der Waals surface area contributed by atoms with Crippen molar-refractivity contribution in [3.63, 3.8) is 0 Å². The molecule has 0 saturated heterocycles. The number of carbonyl (C=O) groups is 1. The minimum Gasteiger partial charge on any atom is -0.365 e. The van der Waals surface area contributed by atoms with E-state index in [2.05, 4.69) is 0 Å². The number of amides is 1. The number of primary amides is 1. The van der Waals surface area contributed by atoms with Crippen LogP contribution in [0.2, 0.25) is 5.02 Å². The lowest BCUT2D eigenvalue weighted by Gasteiger charge is -2.00. The first kappa shape index (κ1) is 7.88. The number of rotatable bonds is 1. The summed E-state index contributed by atoms with van der Waals surface area (Å²) in [5, 5.41) is 0.227. The van der Waals surface area contributed by atoms with E-state index in [1.54, 1.807) is 6.07 Å². The van der Waals surface area contributed by atoms with E-state index in [9.17, 15) is 4.79 Å². The van der Waals surface area contributed by atoms with Crippen molar-refractivity contribution in [3.05, 3.63) is 28.8 Å². The van der Waals surface area contributed by atoms with Crippen molar-refractivity contribution >= 4 is 23.2 Å². The fourth-order valence-electron chi connectivity index (χ4n) is 0.775. The van der Waals surface area contributed by atoms with Crippen molar-refractivity contribution in [3.8, 4) is 0 Å². The van der Waals surface area contributed by atoms with Gasteiger partial charge in [0.2, 0.25) is 0 Å². The number of nitrogens with two attached hydrogens (primary N) is 1. The van der Waals surface area contributed by atoms with Crippen LogP contribution >= 0.6 is 11.6 Å². The second-order valence-electron chi connectivity index (χ2n) is 2.03. The molecule has 3 N–H and O–H groups in total. The average molecular weight is 170 g/mol. The summed E-state index contributed by atoms with van der Waals surface area (Å²) in [4.78, 5) is 10.7. The average Bonchev–Trinajstić information content (AvgIpc) is 1.85. The van der Waals surface area contributed by atoms with Crippen LogP contribution in [-0.2, 0) is 0 Å². The smallest absolute Gasteiger partial charge is 0.252 e. The number of nitrogens with one attached hydrogen (secondary N) is 1. The number of hydrogen-bond acceptors (Lipinski definition) is 1. The maximum atomic E-state index is 10.7. The SMILES string of the molecule is [NH]c1cccc(Cl)c1C(N)=O. The summed E-state index contributed by atoms with van der Waals surface area (Å²) in [6, 6.07) is 4.59. The standard InChI is InChI=1S/C7H6ClN2O/c8-4-2-1-3-5(9)6(4)7(10)11/h1-3,9H,(H2,10,11). The Bertz CT molecular complexity index is 278. The molecule has 0 aliphatic heterocycles. The molecule has 0 spiro atoms. The van der Waals surface area contributed by atoms with E-state index in [1.807, 2.05) is 0 Å². The van der Waals surface area contributed by atoms with Crippen molar-refractivity contribution < 1.29 is 4.79 Å². The summed E-state index contributed by atoms with van der Waals surface area (Å²) < 4.78 is 0. The Hall–Kier alpha value is -1.22. The number of benzene rings is 1. The summed E-state index contributed by atoms with van der Waals surface area (Å²) in [6.45, 7) is 0. The lowest BCUT2D eigenvalue weighted by atomic mass is 10.2. The van der Waals surface area contributed by atoms with Gasteiger partial charge < -0.3 is 11.5 Å². The highest BCUT2D eigenvalue weighted by atomic mass is 35.5. The van der Waals surface area contributed by atoms with E-state index in [-0.39, 0.29) is 16.3 Å². The normalized spacial score (nSPS) is 9.55. The van der Waals surface area contributed by atoms with Gasteiger partial charge in [-0.05, 0) is 12.1 Å². The van der Waals surface area contributed by atoms with Crippen LogP contribution in [0.25, 0.3) is 0 Å². The number of carbonyl (C=O) groups excluding carboxylic acids is 1. The van der Waals surface area contributed by atoms with E-state index >= 15 is 0 Å². The van der Waals surface area contributed by atoms with Crippen LogP contribution in [-0.4, -0.2) is 5.91 Å². The Kier molecular flexibility index (Phi) is 2.01. The van der Waals surface area contributed by atoms with Crippen LogP contribution in [0.5, 0.6) is 0 Å². The van der Waals surface area contributed by atoms with Gasteiger partial charge in [-0.2, -0.15) is 0 Å². The first-order valence-electron chi connectivity index (χ1n) is 2.93. The second kappa shape index (κ2) is 2.80. The monoisotopic (exact) mass is 169 g/mol. The third-order valence-electron chi connectivity index (χ3n) is 1.26. The second-order valence-corrected chi connectivity index (χ2v) is 2.43. The van der Waals surface area contributed by atoms with Crippen LogP contribution in [0, 0.1) is 0 Å². The van der Waals surface area contributed by atoms with Crippen LogP contribution < -0.4 is 11.5 Å². The number of halogens is 1. The lowest BCUT2D eigenvalue weighted by Crippen LogP contribution is -2.12. The van der Waals surface area contributed by atoms with Gasteiger partial charge in [0.1, 0.15) is 0 Å². The number of hydrogen-bond donors (Lipinski definition) is 1. The molecule has 4 heteroatoms. The largest absolute Gasteiger partial charge is 0.365 e. The van der Waals surface area contributed by atoms with Gasteiger partial charge in [0.05, 0.1) is 16.3 Å². The molecule has 0 heterocycles. The Morgan fingerprint density at radius 2 is 2.18 bits per heavy atom. The van der Waals surface area contributed by atoms with E-state index in [0.29, 0.717) is 0 Å². The third kappa shape index (κ3) is 1.43. The predicted octanol–water partition coefficient (Wildman–Crippen LogP) is 1.35. The van der Waals surface area contributed by atoms with Crippen molar-refractivity contribution in [2.45, 2.75) is 0 Å². The molecule has 0 saturated carbocycles. The summed E-state index contributed by atoms with van der Waals surface area (Å²) in [5.41, 5.74) is 12.4. The molecule has 1 rings (SSSR count). The van der Waals surface area contributed by atoms with Gasteiger partial charge in [-0.25, -0.2) is 0 Å². The van der Waals surface area contributed by atoms with E-state index in [4.69, 9.17) is 23.1 Å².